The summed E-state index contributed by atoms with van der Waals surface area (Å²) in [5.41, 5.74) is -0.555. The average molecular weight is 688 g/mol. The molecule has 2 aromatic heterocycles. The molecule has 5 atom stereocenters. The summed E-state index contributed by atoms with van der Waals surface area (Å²) in [5.74, 6) is -2.36. The Morgan fingerprint density at radius 1 is 1.21 bits per heavy atom. The van der Waals surface area contributed by atoms with E-state index in [0.29, 0.717) is 18.7 Å². The van der Waals surface area contributed by atoms with E-state index in [2.05, 4.69) is 26.9 Å². The molecule has 3 heterocycles. The lowest BCUT2D eigenvalue weighted by atomic mass is 9.85. The fourth-order valence-corrected chi connectivity index (χ4v) is 7.83. The zero-order valence-electron chi connectivity index (χ0n) is 26.9. The largest absolute Gasteiger partial charge is 0.477 e. The first kappa shape index (κ1) is 34.4. The highest BCUT2D eigenvalue weighted by atomic mass is 32.2. The van der Waals surface area contributed by atoms with Crippen LogP contribution in [0.5, 0.6) is 5.88 Å². The van der Waals surface area contributed by atoms with Gasteiger partial charge in [0.25, 0.3) is 5.91 Å². The number of thiophene rings is 1. The van der Waals surface area contributed by atoms with Crippen molar-refractivity contribution in [2.45, 2.75) is 69.3 Å². The van der Waals surface area contributed by atoms with Crippen LogP contribution in [0.2, 0.25) is 0 Å². The van der Waals surface area contributed by atoms with Gasteiger partial charge in [-0.2, -0.15) is 11.3 Å². The number of ether oxygens (including phenoxy) is 2. The fraction of sp³-hybridized carbons (Fsp3) is 0.531. The highest BCUT2D eigenvalue weighted by Gasteiger charge is 2.62. The van der Waals surface area contributed by atoms with Crippen LogP contribution in [0.3, 0.4) is 0 Å². The average Bonchev–Trinajstić information content (AvgIpc) is 3.89. The van der Waals surface area contributed by atoms with E-state index in [9.17, 15) is 27.6 Å². The molecule has 1 aliphatic heterocycles. The number of aromatic nitrogens is 1. The first-order chi connectivity index (χ1) is 22.2. The lowest BCUT2D eigenvalue weighted by molar-refractivity contribution is -0.142. The van der Waals surface area contributed by atoms with Gasteiger partial charge in [0.1, 0.15) is 17.6 Å². The number of nitrogens with one attached hydrogen (secondary N) is 3. The molecule has 1 saturated heterocycles. The number of alkyl carbamates (subject to hydrolysis) is 1. The maximum atomic E-state index is 14.1. The molecule has 2 saturated carbocycles. The molecule has 3 aliphatic rings. The summed E-state index contributed by atoms with van der Waals surface area (Å²) < 4.78 is 38.1. The zero-order valence-corrected chi connectivity index (χ0v) is 28.5. The lowest BCUT2D eigenvalue weighted by Gasteiger charge is -2.35. The molecule has 13 nitrogen and oxygen atoms in total. The molecule has 2 aliphatic carbocycles. The molecule has 0 radical (unpaired) electrons. The van der Waals surface area contributed by atoms with Crippen molar-refractivity contribution in [3.8, 4) is 17.1 Å². The highest BCUT2D eigenvalue weighted by molar-refractivity contribution is 7.91. The number of carbonyl (C=O) groups excluding carboxylic acids is 4. The summed E-state index contributed by atoms with van der Waals surface area (Å²) in [6.07, 6.45) is 2.00. The molecule has 0 unspecified atom stereocenters. The van der Waals surface area contributed by atoms with Gasteiger partial charge in [-0.05, 0) is 48.6 Å². The van der Waals surface area contributed by atoms with Crippen molar-refractivity contribution in [2.24, 2.45) is 17.3 Å². The van der Waals surface area contributed by atoms with Gasteiger partial charge >= 0.3 is 6.09 Å². The standard InChI is InChI=1S/C32H41N5O8S2/c1-6-21-15-32(21,29(40)36-47(42,43)22-10-11-22)35-27(38)24-14-19(16-37(24)28(39)26(31(2,3)4)34-30(41)44-5)17-45-25-9-7-8-23(33-25)20-12-13-46-18-20/h6-9,12-13,18-19,21-22,24,26H,1,10-11,14-17H2,2-5H3,(H,34,41)(H,35,38)(H,36,40)/t19-,21-,24+,26-,32-/m1/s1. The van der Waals surface area contributed by atoms with Crippen LogP contribution in [0.1, 0.15) is 46.5 Å². The van der Waals surface area contributed by atoms with Gasteiger partial charge in [-0.1, -0.05) is 32.9 Å². The number of hydrogen-bond donors (Lipinski definition) is 3. The molecule has 0 bridgehead atoms. The SMILES string of the molecule is C=C[C@@H]1C[C@]1(NC(=O)[C@@H]1C[C@@H](COc2cccc(-c3ccsc3)n2)CN1C(=O)[C@@H](NC(=O)OC)C(C)(C)C)C(=O)NS(=O)(=O)C1CC1. The van der Waals surface area contributed by atoms with E-state index in [1.54, 1.807) is 38.2 Å². The van der Waals surface area contributed by atoms with E-state index in [-0.39, 0.29) is 31.9 Å². The summed E-state index contributed by atoms with van der Waals surface area (Å²) in [7, 11) is -2.67. The van der Waals surface area contributed by atoms with E-state index in [1.807, 2.05) is 29.0 Å². The maximum absolute atomic E-state index is 14.1. The van der Waals surface area contributed by atoms with Crippen LogP contribution in [0.15, 0.2) is 47.7 Å². The number of pyridine rings is 1. The molecular weight excluding hydrogens is 647 g/mol. The van der Waals surface area contributed by atoms with Crippen molar-refractivity contribution in [2.75, 3.05) is 20.3 Å². The van der Waals surface area contributed by atoms with Gasteiger partial charge in [-0.25, -0.2) is 18.2 Å². The summed E-state index contributed by atoms with van der Waals surface area (Å²) in [4.78, 5) is 59.6. The molecule has 47 heavy (non-hydrogen) atoms. The minimum absolute atomic E-state index is 0.122. The van der Waals surface area contributed by atoms with Crippen molar-refractivity contribution < 1.29 is 37.1 Å². The number of likely N-dealkylation sites (tertiary alicyclic amines) is 1. The second-order valence-electron chi connectivity index (χ2n) is 13.4. The Hall–Kier alpha value is -3.98. The molecule has 254 valence electrons. The predicted molar refractivity (Wildman–Crippen MR) is 175 cm³/mol. The normalized spacial score (nSPS) is 24.5. The number of carbonyl (C=O) groups is 4. The third kappa shape index (κ3) is 7.61. The molecule has 3 N–H and O–H groups in total. The van der Waals surface area contributed by atoms with E-state index in [0.717, 1.165) is 11.3 Å². The summed E-state index contributed by atoms with van der Waals surface area (Å²) in [6.45, 7) is 9.34. The molecule has 15 heteroatoms. The number of nitrogens with zero attached hydrogens (tertiary/aromatic N) is 2. The fourth-order valence-electron chi connectivity index (χ4n) is 5.82. The Kier molecular flexibility index (Phi) is 9.69. The van der Waals surface area contributed by atoms with Gasteiger partial charge in [0.15, 0.2) is 0 Å². The van der Waals surface area contributed by atoms with Gasteiger partial charge in [0.05, 0.1) is 24.7 Å². The number of hydrogen-bond acceptors (Lipinski definition) is 10. The second kappa shape index (κ2) is 13.3. The van der Waals surface area contributed by atoms with Crippen LogP contribution in [-0.4, -0.2) is 85.3 Å². The Balaban J connectivity index is 1.36. The van der Waals surface area contributed by atoms with Crippen molar-refractivity contribution in [1.82, 2.24) is 25.2 Å². The van der Waals surface area contributed by atoms with E-state index >= 15 is 0 Å². The molecule has 3 fully saturated rings. The van der Waals surface area contributed by atoms with E-state index in [1.165, 1.54) is 18.1 Å². The van der Waals surface area contributed by atoms with Crippen LogP contribution in [0.25, 0.3) is 11.3 Å². The third-order valence-electron chi connectivity index (χ3n) is 8.79. The number of rotatable bonds is 12. The van der Waals surface area contributed by atoms with Crippen LogP contribution in [-0.2, 0) is 29.1 Å². The molecule has 5 rings (SSSR count). The van der Waals surface area contributed by atoms with Crippen LogP contribution in [0, 0.1) is 17.3 Å². The van der Waals surface area contributed by atoms with Gasteiger partial charge in [0.2, 0.25) is 27.7 Å². The monoisotopic (exact) mass is 687 g/mol. The quantitative estimate of drug-likeness (QED) is 0.284. The van der Waals surface area contributed by atoms with Crippen molar-refractivity contribution in [1.29, 1.82) is 0 Å². The third-order valence-corrected chi connectivity index (χ3v) is 11.3. The van der Waals surface area contributed by atoms with Crippen molar-refractivity contribution >= 4 is 45.2 Å². The second-order valence-corrected chi connectivity index (χ2v) is 16.2. The molecular formula is C32H41N5O8S2. The Morgan fingerprint density at radius 2 is 1.96 bits per heavy atom. The zero-order chi connectivity index (χ0) is 34.1. The maximum Gasteiger partial charge on any atom is 0.407 e. The predicted octanol–water partition coefficient (Wildman–Crippen LogP) is 2.85. The highest BCUT2D eigenvalue weighted by Crippen LogP contribution is 2.45. The minimum atomic E-state index is -3.87. The topological polar surface area (TPSA) is 173 Å². The van der Waals surface area contributed by atoms with Crippen molar-refractivity contribution in [3.63, 3.8) is 0 Å². The first-order valence-electron chi connectivity index (χ1n) is 15.5. The van der Waals surface area contributed by atoms with Crippen LogP contribution >= 0.6 is 11.3 Å². The van der Waals surface area contributed by atoms with Gasteiger partial charge in [-0.3, -0.25) is 19.1 Å². The Morgan fingerprint density at radius 3 is 2.55 bits per heavy atom. The first-order valence-corrected chi connectivity index (χ1v) is 18.0. The van der Waals surface area contributed by atoms with Crippen molar-refractivity contribution in [3.05, 3.63) is 47.7 Å². The number of methoxy groups -OCH3 is 1. The minimum Gasteiger partial charge on any atom is -0.477 e. The lowest BCUT2D eigenvalue weighted by Crippen LogP contribution is -2.60. The molecule has 2 aromatic rings. The molecule has 4 amide bonds. The summed E-state index contributed by atoms with van der Waals surface area (Å²) >= 11 is 1.56. The Labute approximate surface area is 278 Å². The molecule has 0 spiro atoms. The van der Waals surface area contributed by atoms with Gasteiger partial charge < -0.3 is 25.0 Å². The van der Waals surface area contributed by atoms with Gasteiger partial charge in [-0.15, -0.1) is 6.58 Å². The molecule has 0 aromatic carbocycles. The Bertz CT molecular complexity index is 1640. The number of sulfonamides is 1. The smallest absolute Gasteiger partial charge is 0.407 e. The van der Waals surface area contributed by atoms with Gasteiger partial charge in [0, 0.05) is 35.4 Å². The number of amides is 4. The van der Waals surface area contributed by atoms with Crippen LogP contribution in [0.4, 0.5) is 4.79 Å². The van der Waals surface area contributed by atoms with E-state index in [4.69, 9.17) is 9.47 Å². The van der Waals surface area contributed by atoms with E-state index < -0.39 is 68.0 Å². The summed E-state index contributed by atoms with van der Waals surface area (Å²) in [5, 5.41) is 8.70. The summed E-state index contributed by atoms with van der Waals surface area (Å²) in [6, 6.07) is 5.32. The van der Waals surface area contributed by atoms with Crippen LogP contribution < -0.4 is 20.1 Å².